The van der Waals surface area contributed by atoms with Crippen LogP contribution < -0.4 is 5.32 Å². The van der Waals surface area contributed by atoms with Crippen molar-refractivity contribution in [3.05, 3.63) is 56.7 Å². The van der Waals surface area contributed by atoms with Gasteiger partial charge in [0.15, 0.2) is 0 Å². The third-order valence-electron chi connectivity index (χ3n) is 2.84. The summed E-state index contributed by atoms with van der Waals surface area (Å²) in [4.78, 5) is 1.26. The Kier molecular flexibility index (Phi) is 4.95. The molecule has 0 aliphatic heterocycles. The smallest absolute Gasteiger partial charge is 0.0914 e. The highest BCUT2D eigenvalue weighted by Crippen LogP contribution is 2.28. The van der Waals surface area contributed by atoms with Gasteiger partial charge in [-0.3, -0.25) is 0 Å². The molecule has 2 unspecified atom stereocenters. The predicted molar refractivity (Wildman–Crippen MR) is 79.8 cm³/mol. The van der Waals surface area contributed by atoms with E-state index in [1.807, 2.05) is 36.4 Å². The Balaban J connectivity index is 1.90. The van der Waals surface area contributed by atoms with Gasteiger partial charge in [-0.1, -0.05) is 30.3 Å². The lowest BCUT2D eigenvalue weighted by atomic mass is 10.1. The summed E-state index contributed by atoms with van der Waals surface area (Å²) in [5.74, 6) is 0. The summed E-state index contributed by atoms with van der Waals surface area (Å²) in [5, 5.41) is 15.5. The Morgan fingerprint density at radius 1 is 1.28 bits per heavy atom. The largest absolute Gasteiger partial charge is 0.387 e. The van der Waals surface area contributed by atoms with Gasteiger partial charge in [-0.25, -0.2) is 0 Å². The first-order chi connectivity index (χ1) is 8.68. The molecule has 0 radical (unpaired) electrons. The van der Waals surface area contributed by atoms with Gasteiger partial charge in [-0.15, -0.1) is 11.3 Å². The zero-order chi connectivity index (χ0) is 13.0. The van der Waals surface area contributed by atoms with Crippen LogP contribution in [0, 0.1) is 0 Å². The van der Waals surface area contributed by atoms with Gasteiger partial charge in [0.05, 0.1) is 6.10 Å². The second-order valence-electron chi connectivity index (χ2n) is 4.19. The van der Waals surface area contributed by atoms with Crippen molar-refractivity contribution in [3.63, 3.8) is 0 Å². The lowest BCUT2D eigenvalue weighted by Gasteiger charge is -2.17. The topological polar surface area (TPSA) is 32.3 Å². The second kappa shape index (κ2) is 6.48. The van der Waals surface area contributed by atoms with Crippen molar-refractivity contribution in [1.29, 1.82) is 0 Å². The van der Waals surface area contributed by atoms with Crippen LogP contribution >= 0.6 is 27.3 Å². The molecular formula is C14H16BrNOS. The highest BCUT2D eigenvalue weighted by atomic mass is 79.9. The number of hydrogen-bond donors (Lipinski definition) is 2. The first-order valence-corrected chi connectivity index (χ1v) is 7.55. The van der Waals surface area contributed by atoms with Gasteiger partial charge in [0.25, 0.3) is 0 Å². The molecule has 4 heteroatoms. The van der Waals surface area contributed by atoms with Crippen molar-refractivity contribution >= 4 is 27.3 Å². The minimum Gasteiger partial charge on any atom is -0.387 e. The van der Waals surface area contributed by atoms with E-state index in [2.05, 4.69) is 33.6 Å². The van der Waals surface area contributed by atoms with E-state index in [9.17, 15) is 5.11 Å². The molecule has 2 atom stereocenters. The number of halogens is 1. The zero-order valence-corrected chi connectivity index (χ0v) is 12.5. The molecule has 0 saturated heterocycles. The molecule has 0 fully saturated rings. The van der Waals surface area contributed by atoms with Crippen LogP contribution in [0.4, 0.5) is 0 Å². The molecule has 2 N–H and O–H groups in total. The number of nitrogens with one attached hydrogen (secondary N) is 1. The summed E-state index contributed by atoms with van der Waals surface area (Å²) in [6.45, 7) is 2.66. The Labute approximate surface area is 120 Å². The Morgan fingerprint density at radius 2 is 2.00 bits per heavy atom. The van der Waals surface area contributed by atoms with E-state index in [0.29, 0.717) is 6.54 Å². The maximum absolute atomic E-state index is 10.1. The van der Waals surface area contributed by atoms with Crippen molar-refractivity contribution in [2.45, 2.75) is 19.1 Å². The number of rotatable bonds is 5. The van der Waals surface area contributed by atoms with Crippen molar-refractivity contribution in [2.24, 2.45) is 0 Å². The normalized spacial score (nSPS) is 14.4. The summed E-state index contributed by atoms with van der Waals surface area (Å²) in [6.07, 6.45) is -0.465. The van der Waals surface area contributed by atoms with Crippen molar-refractivity contribution < 1.29 is 5.11 Å². The Morgan fingerprint density at radius 3 is 2.61 bits per heavy atom. The Bertz CT molecular complexity index is 486. The fourth-order valence-electron chi connectivity index (χ4n) is 1.79. The van der Waals surface area contributed by atoms with Crippen LogP contribution in [0.2, 0.25) is 0 Å². The molecule has 0 spiro atoms. The molecular weight excluding hydrogens is 310 g/mol. The van der Waals surface area contributed by atoms with Crippen molar-refractivity contribution in [3.8, 4) is 0 Å². The molecule has 2 rings (SSSR count). The van der Waals surface area contributed by atoms with Gasteiger partial charge >= 0.3 is 0 Å². The van der Waals surface area contributed by atoms with E-state index < -0.39 is 6.10 Å². The first-order valence-electron chi connectivity index (χ1n) is 5.87. The van der Waals surface area contributed by atoms with Crippen molar-refractivity contribution in [1.82, 2.24) is 5.32 Å². The molecule has 1 aromatic heterocycles. The molecule has 96 valence electrons. The zero-order valence-electron chi connectivity index (χ0n) is 10.1. The summed E-state index contributed by atoms with van der Waals surface area (Å²) < 4.78 is 1.13. The number of hydrogen-bond acceptors (Lipinski definition) is 3. The predicted octanol–water partition coefficient (Wildman–Crippen LogP) is 3.89. The fourth-order valence-corrected chi connectivity index (χ4v) is 3.54. The number of benzene rings is 1. The van der Waals surface area contributed by atoms with Gasteiger partial charge in [-0.2, -0.15) is 0 Å². The molecule has 1 heterocycles. The first kappa shape index (κ1) is 13.7. The van der Waals surface area contributed by atoms with E-state index in [4.69, 9.17) is 0 Å². The van der Waals surface area contributed by atoms with E-state index in [1.165, 1.54) is 4.88 Å². The minimum atomic E-state index is -0.465. The Hall–Kier alpha value is -0.680. The molecule has 0 aliphatic carbocycles. The SMILES string of the molecule is CC(NCC(O)c1ccccc1)c1sccc1Br. The molecule has 0 amide bonds. The fraction of sp³-hybridized carbons (Fsp3) is 0.286. The number of aliphatic hydroxyl groups excluding tert-OH is 1. The van der Waals surface area contributed by atoms with Crippen molar-refractivity contribution in [2.75, 3.05) is 6.54 Å². The molecule has 0 bridgehead atoms. The third kappa shape index (κ3) is 3.42. The molecule has 0 saturated carbocycles. The molecule has 2 nitrogen and oxygen atoms in total. The van der Waals surface area contributed by atoms with Crippen LogP contribution in [-0.2, 0) is 0 Å². The van der Waals surface area contributed by atoms with Crippen LogP contribution in [0.15, 0.2) is 46.3 Å². The molecule has 0 aliphatic rings. The van der Waals surface area contributed by atoms with Gasteiger partial charge in [0.1, 0.15) is 0 Å². The quantitative estimate of drug-likeness (QED) is 0.873. The van der Waals surface area contributed by atoms with Crippen LogP contribution in [0.25, 0.3) is 0 Å². The van der Waals surface area contributed by atoms with E-state index in [0.717, 1.165) is 10.0 Å². The number of aliphatic hydroxyl groups is 1. The van der Waals surface area contributed by atoms with Crippen LogP contribution in [-0.4, -0.2) is 11.7 Å². The van der Waals surface area contributed by atoms with E-state index >= 15 is 0 Å². The van der Waals surface area contributed by atoms with E-state index in [1.54, 1.807) is 11.3 Å². The third-order valence-corrected chi connectivity index (χ3v) is 4.89. The summed E-state index contributed by atoms with van der Waals surface area (Å²) in [7, 11) is 0. The van der Waals surface area contributed by atoms with Crippen LogP contribution in [0.3, 0.4) is 0 Å². The molecule has 1 aromatic carbocycles. The van der Waals surface area contributed by atoms with E-state index in [-0.39, 0.29) is 6.04 Å². The monoisotopic (exact) mass is 325 g/mol. The minimum absolute atomic E-state index is 0.234. The van der Waals surface area contributed by atoms with Crippen LogP contribution in [0.1, 0.15) is 29.5 Å². The van der Waals surface area contributed by atoms with Gasteiger partial charge in [0.2, 0.25) is 0 Å². The summed E-state index contributed by atoms with van der Waals surface area (Å²) in [5.41, 5.74) is 0.947. The molecule has 18 heavy (non-hydrogen) atoms. The molecule has 2 aromatic rings. The maximum atomic E-state index is 10.1. The number of thiophene rings is 1. The lowest BCUT2D eigenvalue weighted by Crippen LogP contribution is -2.24. The standard InChI is InChI=1S/C14H16BrNOS/c1-10(14-12(15)7-8-18-14)16-9-13(17)11-5-3-2-4-6-11/h2-8,10,13,16-17H,9H2,1H3. The average Bonchev–Trinajstić information content (AvgIpc) is 2.83. The average molecular weight is 326 g/mol. The summed E-state index contributed by atoms with van der Waals surface area (Å²) >= 11 is 5.24. The highest BCUT2D eigenvalue weighted by molar-refractivity contribution is 9.10. The lowest BCUT2D eigenvalue weighted by molar-refractivity contribution is 0.171. The maximum Gasteiger partial charge on any atom is 0.0914 e. The van der Waals surface area contributed by atoms with Gasteiger partial charge in [0, 0.05) is 21.9 Å². The second-order valence-corrected chi connectivity index (χ2v) is 5.99. The highest BCUT2D eigenvalue weighted by Gasteiger charge is 2.13. The summed E-state index contributed by atoms with van der Waals surface area (Å²) in [6, 6.07) is 12.0. The van der Waals surface area contributed by atoms with Gasteiger partial charge in [-0.05, 0) is 39.9 Å². The van der Waals surface area contributed by atoms with Crippen LogP contribution in [0.5, 0.6) is 0 Å². The van der Waals surface area contributed by atoms with Gasteiger partial charge < -0.3 is 10.4 Å².